The topological polar surface area (TPSA) is 81.5 Å². The number of sulfone groups is 1. The van der Waals surface area contributed by atoms with Gasteiger partial charge in [0.1, 0.15) is 11.0 Å². The van der Waals surface area contributed by atoms with Gasteiger partial charge < -0.3 is 14.2 Å². The lowest BCUT2D eigenvalue weighted by Gasteiger charge is -2.38. The predicted molar refractivity (Wildman–Crippen MR) is 83.2 cm³/mol. The summed E-state index contributed by atoms with van der Waals surface area (Å²) in [6.45, 7) is -0.0103. The SMILES string of the molecule is Cn1ccnc1S(=O)(=O)C1CN(C(=O)c2ccc(OC(F)(F)F)cc2)C1. The largest absolute Gasteiger partial charge is 0.573 e. The van der Waals surface area contributed by atoms with E-state index >= 15 is 0 Å². The predicted octanol–water partition coefficient (Wildman–Crippen LogP) is 1.62. The van der Waals surface area contributed by atoms with Gasteiger partial charge in [0.15, 0.2) is 0 Å². The number of carbonyl (C=O) groups excluding carboxylic acids is 1. The second-order valence-corrected chi connectivity index (χ2v) is 7.89. The van der Waals surface area contributed by atoms with E-state index in [1.54, 1.807) is 7.05 Å². The van der Waals surface area contributed by atoms with Gasteiger partial charge in [0.2, 0.25) is 15.0 Å². The Balaban J connectivity index is 1.64. The number of hydrogen-bond donors (Lipinski definition) is 0. The maximum Gasteiger partial charge on any atom is 0.573 e. The number of rotatable bonds is 4. The van der Waals surface area contributed by atoms with Gasteiger partial charge in [-0.3, -0.25) is 4.79 Å². The third kappa shape index (κ3) is 3.52. The quantitative estimate of drug-likeness (QED) is 0.794. The van der Waals surface area contributed by atoms with Crippen molar-refractivity contribution in [1.82, 2.24) is 14.5 Å². The molecule has 11 heteroatoms. The number of nitrogens with zero attached hydrogens (tertiary/aromatic N) is 3. The number of carbonyl (C=O) groups is 1. The van der Waals surface area contributed by atoms with Gasteiger partial charge in [-0.2, -0.15) is 0 Å². The molecule has 0 aliphatic carbocycles. The van der Waals surface area contributed by atoms with Crippen LogP contribution in [0.2, 0.25) is 0 Å². The fraction of sp³-hybridized carbons (Fsp3) is 0.333. The number of ether oxygens (including phenoxy) is 1. The molecule has 0 bridgehead atoms. The Hall–Kier alpha value is -2.56. The molecule has 1 fully saturated rings. The zero-order valence-electron chi connectivity index (χ0n) is 13.5. The summed E-state index contributed by atoms with van der Waals surface area (Å²) in [4.78, 5) is 17.4. The number of amides is 1. The fourth-order valence-corrected chi connectivity index (χ4v) is 4.28. The average Bonchev–Trinajstić information content (AvgIpc) is 2.91. The van der Waals surface area contributed by atoms with Crippen molar-refractivity contribution in [2.45, 2.75) is 16.8 Å². The molecule has 0 unspecified atom stereocenters. The van der Waals surface area contributed by atoms with E-state index in [2.05, 4.69) is 9.72 Å². The van der Waals surface area contributed by atoms with Gasteiger partial charge in [-0.15, -0.1) is 13.2 Å². The van der Waals surface area contributed by atoms with Crippen molar-refractivity contribution in [2.75, 3.05) is 13.1 Å². The molecule has 2 heterocycles. The van der Waals surface area contributed by atoms with Crippen LogP contribution in [0, 0.1) is 0 Å². The minimum atomic E-state index is -4.81. The van der Waals surface area contributed by atoms with Crippen molar-refractivity contribution in [3.63, 3.8) is 0 Å². The molecule has 1 amide bonds. The van der Waals surface area contributed by atoms with E-state index in [1.165, 1.54) is 34.0 Å². The van der Waals surface area contributed by atoms with Gasteiger partial charge in [0, 0.05) is 38.1 Å². The number of alkyl halides is 3. The van der Waals surface area contributed by atoms with Gasteiger partial charge in [-0.1, -0.05) is 0 Å². The van der Waals surface area contributed by atoms with E-state index in [-0.39, 0.29) is 23.8 Å². The third-order valence-electron chi connectivity index (χ3n) is 3.94. The molecule has 1 saturated heterocycles. The van der Waals surface area contributed by atoms with Crippen LogP contribution in [0.25, 0.3) is 0 Å². The first-order valence-corrected chi connectivity index (χ1v) is 8.99. The molecule has 0 N–H and O–H groups in total. The van der Waals surface area contributed by atoms with Crippen LogP contribution < -0.4 is 4.74 Å². The second kappa shape index (κ2) is 6.31. The first-order valence-electron chi connectivity index (χ1n) is 7.44. The molecule has 1 aromatic heterocycles. The number of halogens is 3. The minimum absolute atomic E-state index is 0.00513. The Labute approximate surface area is 146 Å². The average molecular weight is 389 g/mol. The normalized spacial score (nSPS) is 15.6. The number of imidazole rings is 1. The highest BCUT2D eigenvalue weighted by Gasteiger charge is 2.42. The van der Waals surface area contributed by atoms with E-state index in [0.717, 1.165) is 12.1 Å². The Kier molecular flexibility index (Phi) is 4.42. The summed E-state index contributed by atoms with van der Waals surface area (Å²) in [5.74, 6) is -0.900. The zero-order valence-corrected chi connectivity index (χ0v) is 14.3. The maximum absolute atomic E-state index is 12.4. The molecule has 0 spiro atoms. The molecule has 0 radical (unpaired) electrons. The summed E-state index contributed by atoms with van der Waals surface area (Å²) in [5.41, 5.74) is 0.146. The van der Waals surface area contributed by atoms with Gasteiger partial charge in [0.05, 0.1) is 0 Å². The van der Waals surface area contributed by atoms with Gasteiger partial charge in [-0.25, -0.2) is 13.4 Å². The van der Waals surface area contributed by atoms with Crippen LogP contribution in [0.4, 0.5) is 13.2 Å². The molecule has 1 aliphatic rings. The zero-order chi connectivity index (χ0) is 19.1. The Morgan fingerprint density at radius 3 is 2.35 bits per heavy atom. The highest BCUT2D eigenvalue weighted by atomic mass is 32.2. The molecule has 0 atom stereocenters. The lowest BCUT2D eigenvalue weighted by Crippen LogP contribution is -2.57. The molecule has 2 aromatic rings. The van der Waals surface area contributed by atoms with Gasteiger partial charge in [0.25, 0.3) is 5.91 Å². The van der Waals surface area contributed by atoms with Gasteiger partial charge >= 0.3 is 6.36 Å². The molecular formula is C15H14F3N3O4S. The molecule has 1 aromatic carbocycles. The van der Waals surface area contributed by atoms with Crippen molar-refractivity contribution >= 4 is 15.7 Å². The summed E-state index contributed by atoms with van der Waals surface area (Å²) < 4.78 is 66.4. The summed E-state index contributed by atoms with van der Waals surface area (Å²) in [6.07, 6.45) is -1.92. The lowest BCUT2D eigenvalue weighted by molar-refractivity contribution is -0.274. The second-order valence-electron chi connectivity index (χ2n) is 5.77. The molecular weight excluding hydrogens is 375 g/mol. The molecule has 1 aliphatic heterocycles. The summed E-state index contributed by atoms with van der Waals surface area (Å²) in [6, 6.07) is 4.46. The van der Waals surface area contributed by atoms with Crippen LogP contribution in [-0.2, 0) is 16.9 Å². The Morgan fingerprint density at radius 1 is 1.23 bits per heavy atom. The van der Waals surface area contributed by atoms with Crippen molar-refractivity contribution in [3.05, 3.63) is 42.2 Å². The summed E-state index contributed by atoms with van der Waals surface area (Å²) in [7, 11) is -2.09. The molecule has 0 saturated carbocycles. The highest BCUT2D eigenvalue weighted by Crippen LogP contribution is 2.26. The van der Waals surface area contributed by atoms with Crippen molar-refractivity contribution in [1.29, 1.82) is 0 Å². The number of benzene rings is 1. The van der Waals surface area contributed by atoms with Crippen molar-refractivity contribution in [3.8, 4) is 5.75 Å². The van der Waals surface area contributed by atoms with E-state index < -0.39 is 33.1 Å². The van der Waals surface area contributed by atoms with Gasteiger partial charge in [-0.05, 0) is 24.3 Å². The molecule has 7 nitrogen and oxygen atoms in total. The number of aromatic nitrogens is 2. The first kappa shape index (κ1) is 18.2. The van der Waals surface area contributed by atoms with E-state index in [4.69, 9.17) is 0 Å². The van der Waals surface area contributed by atoms with Crippen molar-refractivity contribution in [2.24, 2.45) is 7.05 Å². The van der Waals surface area contributed by atoms with Crippen LogP contribution in [0.1, 0.15) is 10.4 Å². The minimum Gasteiger partial charge on any atom is -0.406 e. The van der Waals surface area contributed by atoms with E-state index in [0.29, 0.717) is 0 Å². The number of aryl methyl sites for hydroxylation is 1. The van der Waals surface area contributed by atoms with Crippen molar-refractivity contribution < 1.29 is 31.1 Å². The molecule has 140 valence electrons. The van der Waals surface area contributed by atoms with Crippen LogP contribution in [0.15, 0.2) is 41.8 Å². The number of likely N-dealkylation sites (tertiary alicyclic amines) is 1. The third-order valence-corrected chi connectivity index (χ3v) is 6.02. The Bertz CT molecular complexity index is 916. The van der Waals surface area contributed by atoms with E-state index in [9.17, 15) is 26.4 Å². The van der Waals surface area contributed by atoms with Crippen LogP contribution in [-0.4, -0.2) is 53.5 Å². The molecule has 26 heavy (non-hydrogen) atoms. The lowest BCUT2D eigenvalue weighted by atomic mass is 10.1. The highest BCUT2D eigenvalue weighted by molar-refractivity contribution is 7.92. The van der Waals surface area contributed by atoms with Crippen LogP contribution in [0.3, 0.4) is 0 Å². The maximum atomic E-state index is 12.4. The van der Waals surface area contributed by atoms with E-state index in [1.807, 2.05) is 0 Å². The Morgan fingerprint density at radius 2 is 1.85 bits per heavy atom. The fourth-order valence-electron chi connectivity index (χ4n) is 2.56. The monoisotopic (exact) mass is 389 g/mol. The number of hydrogen-bond acceptors (Lipinski definition) is 5. The first-order chi connectivity index (χ1) is 12.1. The smallest absolute Gasteiger partial charge is 0.406 e. The summed E-state index contributed by atoms with van der Waals surface area (Å²) >= 11 is 0. The van der Waals surface area contributed by atoms with Crippen LogP contribution in [0.5, 0.6) is 5.75 Å². The standard InChI is InChI=1S/C15H14F3N3O4S/c1-20-7-6-19-14(20)26(23,24)12-8-21(9-12)13(22)10-2-4-11(5-3-10)25-15(16,17)18/h2-7,12H,8-9H2,1H3. The molecule has 3 rings (SSSR count). The summed E-state index contributed by atoms with van der Waals surface area (Å²) in [5, 5.41) is -0.830. The van der Waals surface area contributed by atoms with Crippen LogP contribution >= 0.6 is 0 Å².